The van der Waals surface area contributed by atoms with E-state index in [4.69, 9.17) is 11.6 Å². The van der Waals surface area contributed by atoms with Crippen molar-refractivity contribution < 1.29 is 4.39 Å². The van der Waals surface area contributed by atoms with Gasteiger partial charge in [-0.25, -0.2) is 4.39 Å². The fraction of sp³-hybridized carbons (Fsp3) is 0.538. The lowest BCUT2D eigenvalue weighted by atomic mass is 9.97. The van der Waals surface area contributed by atoms with E-state index in [1.807, 2.05) is 0 Å². The number of nitrogens with one attached hydrogen (secondary N) is 1. The summed E-state index contributed by atoms with van der Waals surface area (Å²) in [6.45, 7) is 5.23. The van der Waals surface area contributed by atoms with Crippen LogP contribution in [-0.2, 0) is 5.75 Å². The highest BCUT2D eigenvalue weighted by molar-refractivity contribution is 7.99. The van der Waals surface area contributed by atoms with Crippen LogP contribution in [0.3, 0.4) is 0 Å². The van der Waals surface area contributed by atoms with E-state index >= 15 is 0 Å². The Bertz CT molecular complexity index is 411. The van der Waals surface area contributed by atoms with Crippen molar-refractivity contribution in [3.05, 3.63) is 34.1 Å². The molecule has 0 amide bonds. The number of benzene rings is 1. The summed E-state index contributed by atoms with van der Waals surface area (Å²) in [5, 5.41) is 4.58. The predicted molar refractivity (Wildman–Crippen MR) is 73.2 cm³/mol. The van der Waals surface area contributed by atoms with E-state index in [1.165, 1.54) is 6.07 Å². The lowest BCUT2D eigenvalue weighted by Gasteiger charge is -2.32. The SMILES string of the molecule is CCCNC1c2c(Cl)ccc(F)c2CSC1C. The predicted octanol–water partition coefficient (Wildman–Crippen LogP) is 4.16. The molecule has 4 heteroatoms. The first-order chi connectivity index (χ1) is 8.15. The molecule has 0 radical (unpaired) electrons. The van der Waals surface area contributed by atoms with E-state index < -0.39 is 0 Å². The van der Waals surface area contributed by atoms with E-state index in [2.05, 4.69) is 19.2 Å². The Balaban J connectivity index is 2.39. The van der Waals surface area contributed by atoms with E-state index in [-0.39, 0.29) is 11.9 Å². The zero-order valence-electron chi connectivity index (χ0n) is 10.1. The van der Waals surface area contributed by atoms with Crippen LogP contribution >= 0.6 is 23.4 Å². The van der Waals surface area contributed by atoms with Gasteiger partial charge in [0, 0.05) is 27.6 Å². The third kappa shape index (κ3) is 2.61. The van der Waals surface area contributed by atoms with Crippen molar-refractivity contribution in [1.29, 1.82) is 0 Å². The maximum Gasteiger partial charge on any atom is 0.127 e. The van der Waals surface area contributed by atoms with Crippen LogP contribution in [-0.4, -0.2) is 11.8 Å². The number of hydrogen-bond donors (Lipinski definition) is 1. The van der Waals surface area contributed by atoms with E-state index in [9.17, 15) is 4.39 Å². The Morgan fingerprint density at radius 1 is 1.53 bits per heavy atom. The van der Waals surface area contributed by atoms with Gasteiger partial charge in [0.25, 0.3) is 0 Å². The molecule has 1 N–H and O–H groups in total. The van der Waals surface area contributed by atoms with Crippen molar-refractivity contribution >= 4 is 23.4 Å². The summed E-state index contributed by atoms with van der Waals surface area (Å²) >= 11 is 8.02. The van der Waals surface area contributed by atoms with Gasteiger partial charge in [0.15, 0.2) is 0 Å². The Labute approximate surface area is 111 Å². The molecule has 0 fully saturated rings. The maximum atomic E-state index is 13.8. The molecule has 0 bridgehead atoms. The number of rotatable bonds is 3. The van der Waals surface area contributed by atoms with Crippen molar-refractivity contribution in [3.63, 3.8) is 0 Å². The molecule has 0 spiro atoms. The van der Waals surface area contributed by atoms with Gasteiger partial charge in [-0.3, -0.25) is 0 Å². The fourth-order valence-electron chi connectivity index (χ4n) is 2.21. The Kier molecular flexibility index (Phi) is 4.34. The summed E-state index contributed by atoms with van der Waals surface area (Å²) < 4.78 is 13.8. The molecule has 1 nitrogen and oxygen atoms in total. The molecule has 2 unspecified atom stereocenters. The molecular formula is C13H17ClFNS. The minimum Gasteiger partial charge on any atom is -0.309 e. The summed E-state index contributed by atoms with van der Waals surface area (Å²) in [7, 11) is 0. The second-order valence-corrected chi connectivity index (χ2v) is 6.14. The molecule has 0 saturated carbocycles. The molecule has 0 saturated heterocycles. The zero-order chi connectivity index (χ0) is 12.4. The van der Waals surface area contributed by atoms with E-state index in [0.717, 1.165) is 24.1 Å². The highest BCUT2D eigenvalue weighted by atomic mass is 35.5. The van der Waals surface area contributed by atoms with Crippen LogP contribution in [0.25, 0.3) is 0 Å². The summed E-state index contributed by atoms with van der Waals surface area (Å²) in [6.07, 6.45) is 1.07. The van der Waals surface area contributed by atoms with Crippen LogP contribution < -0.4 is 5.32 Å². The van der Waals surface area contributed by atoms with Crippen LogP contribution in [0.2, 0.25) is 5.02 Å². The van der Waals surface area contributed by atoms with Crippen molar-refractivity contribution in [2.75, 3.05) is 6.54 Å². The molecule has 1 aromatic rings. The van der Waals surface area contributed by atoms with E-state index in [1.54, 1.807) is 17.8 Å². The third-order valence-corrected chi connectivity index (χ3v) is 4.71. The number of fused-ring (bicyclic) bond motifs is 1. The van der Waals surface area contributed by atoms with Gasteiger partial charge in [-0.1, -0.05) is 25.4 Å². The zero-order valence-corrected chi connectivity index (χ0v) is 11.7. The lowest BCUT2D eigenvalue weighted by Crippen LogP contribution is -2.33. The van der Waals surface area contributed by atoms with E-state index in [0.29, 0.717) is 16.0 Å². The van der Waals surface area contributed by atoms with Gasteiger partial charge < -0.3 is 5.32 Å². The van der Waals surface area contributed by atoms with Crippen LogP contribution in [0.5, 0.6) is 0 Å². The van der Waals surface area contributed by atoms with Crippen LogP contribution in [0, 0.1) is 5.82 Å². The smallest absolute Gasteiger partial charge is 0.127 e. The van der Waals surface area contributed by atoms with Crippen molar-refractivity contribution in [1.82, 2.24) is 5.32 Å². The molecule has 1 heterocycles. The van der Waals surface area contributed by atoms with Gasteiger partial charge in [-0.05, 0) is 30.7 Å². The van der Waals surface area contributed by atoms with Gasteiger partial charge in [-0.2, -0.15) is 11.8 Å². The highest BCUT2D eigenvalue weighted by Crippen LogP contribution is 2.41. The summed E-state index contributed by atoms with van der Waals surface area (Å²) in [6, 6.07) is 3.29. The first-order valence-electron chi connectivity index (χ1n) is 5.97. The quantitative estimate of drug-likeness (QED) is 0.888. The monoisotopic (exact) mass is 273 g/mol. The Morgan fingerprint density at radius 3 is 3.00 bits per heavy atom. The fourth-order valence-corrected chi connectivity index (χ4v) is 3.65. The molecule has 2 rings (SSSR count). The first kappa shape index (κ1) is 13.2. The average molecular weight is 274 g/mol. The number of halogens is 2. The summed E-state index contributed by atoms with van der Waals surface area (Å²) in [5.41, 5.74) is 1.74. The molecule has 1 aliphatic rings. The summed E-state index contributed by atoms with van der Waals surface area (Å²) in [5.74, 6) is 0.583. The highest BCUT2D eigenvalue weighted by Gasteiger charge is 2.30. The van der Waals surface area contributed by atoms with Gasteiger partial charge in [0.2, 0.25) is 0 Å². The molecule has 0 aliphatic carbocycles. The lowest BCUT2D eigenvalue weighted by molar-refractivity contribution is 0.512. The van der Waals surface area contributed by atoms with Gasteiger partial charge in [0.1, 0.15) is 5.82 Å². The molecule has 94 valence electrons. The number of thioether (sulfide) groups is 1. The molecule has 17 heavy (non-hydrogen) atoms. The second kappa shape index (κ2) is 5.59. The topological polar surface area (TPSA) is 12.0 Å². The molecule has 1 aromatic carbocycles. The largest absolute Gasteiger partial charge is 0.309 e. The molecule has 0 aromatic heterocycles. The van der Waals surface area contributed by atoms with Crippen LogP contribution in [0.15, 0.2) is 12.1 Å². The van der Waals surface area contributed by atoms with Gasteiger partial charge in [-0.15, -0.1) is 0 Å². The maximum absolute atomic E-state index is 13.8. The molecule has 1 aliphatic heterocycles. The van der Waals surface area contributed by atoms with Crippen molar-refractivity contribution in [2.24, 2.45) is 0 Å². The third-order valence-electron chi connectivity index (χ3n) is 3.13. The second-order valence-electron chi connectivity index (χ2n) is 4.37. The summed E-state index contributed by atoms with van der Waals surface area (Å²) in [4.78, 5) is 0. The Morgan fingerprint density at radius 2 is 2.29 bits per heavy atom. The van der Waals surface area contributed by atoms with Crippen LogP contribution in [0.4, 0.5) is 4.39 Å². The normalized spacial score (nSPS) is 23.5. The minimum atomic E-state index is -0.132. The molecule has 2 atom stereocenters. The minimum absolute atomic E-state index is 0.132. The standard InChI is InChI=1S/C13H17ClFNS/c1-3-6-16-13-8(2)17-7-9-11(15)5-4-10(14)12(9)13/h4-5,8,13,16H,3,6-7H2,1-2H3. The van der Waals surface area contributed by atoms with Crippen molar-refractivity contribution in [2.45, 2.75) is 37.3 Å². The Hall–Kier alpha value is -0.250. The van der Waals surface area contributed by atoms with Gasteiger partial charge >= 0.3 is 0 Å². The van der Waals surface area contributed by atoms with Crippen molar-refractivity contribution in [3.8, 4) is 0 Å². The average Bonchev–Trinajstić information content (AvgIpc) is 2.32. The molecular weight excluding hydrogens is 257 g/mol. The first-order valence-corrected chi connectivity index (χ1v) is 7.39. The number of hydrogen-bond acceptors (Lipinski definition) is 2. The van der Waals surface area contributed by atoms with Crippen LogP contribution in [0.1, 0.15) is 37.4 Å². The van der Waals surface area contributed by atoms with Gasteiger partial charge in [0.05, 0.1) is 0 Å².